The molecule has 4 heteroatoms. The van der Waals surface area contributed by atoms with E-state index in [2.05, 4.69) is 21.2 Å². The number of rotatable bonds is 3. The van der Waals surface area contributed by atoms with E-state index in [1.165, 1.54) is 0 Å². The van der Waals surface area contributed by atoms with Crippen molar-refractivity contribution in [1.29, 1.82) is 0 Å². The third-order valence-electron chi connectivity index (χ3n) is 3.04. The van der Waals surface area contributed by atoms with E-state index in [1.807, 2.05) is 62.4 Å². The zero-order chi connectivity index (χ0) is 14.5. The van der Waals surface area contributed by atoms with Gasteiger partial charge in [0.2, 0.25) is 0 Å². The van der Waals surface area contributed by atoms with Crippen LogP contribution in [0.5, 0.6) is 0 Å². The highest BCUT2D eigenvalue weighted by molar-refractivity contribution is 9.10. The molecule has 0 aliphatic heterocycles. The predicted molar refractivity (Wildman–Crippen MR) is 87.4 cm³/mol. The number of amides is 2. The number of nitrogens with one attached hydrogen (secondary N) is 1. The molecule has 0 radical (unpaired) electrons. The molecule has 2 aromatic rings. The van der Waals surface area contributed by atoms with Crippen molar-refractivity contribution in [3.63, 3.8) is 0 Å². The number of nitrogens with zero attached hydrogens (tertiary/aromatic N) is 1. The van der Waals surface area contributed by atoms with Crippen molar-refractivity contribution < 1.29 is 4.79 Å². The maximum atomic E-state index is 12.3. The van der Waals surface area contributed by atoms with E-state index >= 15 is 0 Å². The highest BCUT2D eigenvalue weighted by atomic mass is 79.9. The first-order valence-electron chi connectivity index (χ1n) is 6.51. The van der Waals surface area contributed by atoms with Gasteiger partial charge in [-0.05, 0) is 49.7 Å². The van der Waals surface area contributed by atoms with Crippen LogP contribution in [-0.4, -0.2) is 12.6 Å². The standard InChI is InChI=1S/C16H17BrN2O/c1-3-19(14-7-5-4-6-8-14)16(20)18-13-9-10-15(17)12(2)11-13/h4-11H,3H2,1-2H3,(H,18,20). The first kappa shape index (κ1) is 14.6. The summed E-state index contributed by atoms with van der Waals surface area (Å²) in [5.74, 6) is 0. The van der Waals surface area contributed by atoms with Crippen LogP contribution >= 0.6 is 15.9 Å². The highest BCUT2D eigenvalue weighted by Crippen LogP contribution is 2.21. The lowest BCUT2D eigenvalue weighted by atomic mass is 10.2. The van der Waals surface area contributed by atoms with Gasteiger partial charge in [-0.1, -0.05) is 34.1 Å². The van der Waals surface area contributed by atoms with Gasteiger partial charge in [0.1, 0.15) is 0 Å². The third kappa shape index (κ3) is 3.39. The summed E-state index contributed by atoms with van der Waals surface area (Å²) in [5.41, 5.74) is 2.77. The van der Waals surface area contributed by atoms with Gasteiger partial charge in [-0.25, -0.2) is 4.79 Å². The summed E-state index contributed by atoms with van der Waals surface area (Å²) in [6.45, 7) is 4.57. The molecule has 2 aromatic carbocycles. The Kier molecular flexibility index (Phi) is 4.79. The summed E-state index contributed by atoms with van der Waals surface area (Å²) < 4.78 is 1.03. The molecular formula is C16H17BrN2O. The number of para-hydroxylation sites is 1. The maximum Gasteiger partial charge on any atom is 0.326 e. The number of urea groups is 1. The average Bonchev–Trinajstić information content (AvgIpc) is 2.45. The summed E-state index contributed by atoms with van der Waals surface area (Å²) in [4.78, 5) is 14.0. The number of anilines is 2. The molecule has 2 amide bonds. The Morgan fingerprint density at radius 2 is 1.90 bits per heavy atom. The van der Waals surface area contributed by atoms with Gasteiger partial charge in [0.25, 0.3) is 0 Å². The lowest BCUT2D eigenvalue weighted by Crippen LogP contribution is -2.34. The molecule has 0 heterocycles. The SMILES string of the molecule is CCN(C(=O)Nc1ccc(Br)c(C)c1)c1ccccc1. The molecule has 0 aromatic heterocycles. The van der Waals surface area contributed by atoms with E-state index in [9.17, 15) is 4.79 Å². The zero-order valence-electron chi connectivity index (χ0n) is 11.6. The topological polar surface area (TPSA) is 32.3 Å². The highest BCUT2D eigenvalue weighted by Gasteiger charge is 2.13. The molecule has 0 aliphatic rings. The van der Waals surface area contributed by atoms with Crippen molar-refractivity contribution in [1.82, 2.24) is 0 Å². The fraction of sp³-hybridized carbons (Fsp3) is 0.188. The van der Waals surface area contributed by atoms with Crippen LogP contribution in [0.1, 0.15) is 12.5 Å². The molecule has 0 atom stereocenters. The molecule has 104 valence electrons. The number of carbonyl (C=O) groups excluding carboxylic acids is 1. The number of carbonyl (C=O) groups is 1. The molecule has 0 saturated heterocycles. The molecule has 2 rings (SSSR count). The minimum absolute atomic E-state index is 0.125. The summed E-state index contributed by atoms with van der Waals surface area (Å²) in [5, 5.41) is 2.93. The van der Waals surface area contributed by atoms with Gasteiger partial charge >= 0.3 is 6.03 Å². The molecule has 0 aliphatic carbocycles. The first-order chi connectivity index (χ1) is 9.61. The largest absolute Gasteiger partial charge is 0.326 e. The second-order valence-electron chi connectivity index (χ2n) is 4.47. The minimum Gasteiger partial charge on any atom is -0.308 e. The predicted octanol–water partition coefficient (Wildman–Crippen LogP) is 4.82. The van der Waals surface area contributed by atoms with Crippen LogP contribution in [-0.2, 0) is 0 Å². The molecule has 3 nitrogen and oxygen atoms in total. The van der Waals surface area contributed by atoms with Crippen LogP contribution in [0.15, 0.2) is 53.0 Å². The quantitative estimate of drug-likeness (QED) is 0.858. The number of hydrogen-bond donors (Lipinski definition) is 1. The zero-order valence-corrected chi connectivity index (χ0v) is 13.1. The lowest BCUT2D eigenvalue weighted by Gasteiger charge is -2.21. The summed E-state index contributed by atoms with van der Waals surface area (Å²) in [6, 6.07) is 15.3. The molecule has 0 bridgehead atoms. The van der Waals surface area contributed by atoms with Gasteiger partial charge in [-0.15, -0.1) is 0 Å². The molecule has 0 saturated carbocycles. The number of aryl methyl sites for hydroxylation is 1. The van der Waals surface area contributed by atoms with Crippen LogP contribution in [0.25, 0.3) is 0 Å². The van der Waals surface area contributed by atoms with E-state index in [4.69, 9.17) is 0 Å². The van der Waals surface area contributed by atoms with Crippen LogP contribution in [0.4, 0.5) is 16.2 Å². The van der Waals surface area contributed by atoms with Crippen LogP contribution in [0.2, 0.25) is 0 Å². The Hall–Kier alpha value is -1.81. The van der Waals surface area contributed by atoms with Gasteiger partial charge in [0.05, 0.1) is 0 Å². The smallest absolute Gasteiger partial charge is 0.308 e. The lowest BCUT2D eigenvalue weighted by molar-refractivity contribution is 0.257. The van der Waals surface area contributed by atoms with Crippen molar-refractivity contribution in [3.8, 4) is 0 Å². The number of halogens is 1. The van der Waals surface area contributed by atoms with E-state index < -0.39 is 0 Å². The third-order valence-corrected chi connectivity index (χ3v) is 3.93. The molecule has 1 N–H and O–H groups in total. The van der Waals surface area contributed by atoms with Gasteiger partial charge in [0.15, 0.2) is 0 Å². The van der Waals surface area contributed by atoms with Gasteiger partial charge in [0, 0.05) is 22.4 Å². The van der Waals surface area contributed by atoms with Crippen molar-refractivity contribution in [2.24, 2.45) is 0 Å². The fourth-order valence-corrected chi connectivity index (χ4v) is 2.21. The Bertz CT molecular complexity index is 599. The molecule has 0 fully saturated rings. The van der Waals surface area contributed by atoms with E-state index in [1.54, 1.807) is 4.90 Å². The van der Waals surface area contributed by atoms with Gasteiger partial charge in [-0.3, -0.25) is 4.90 Å². The maximum absolute atomic E-state index is 12.3. The van der Waals surface area contributed by atoms with Crippen molar-refractivity contribution in [3.05, 3.63) is 58.6 Å². The second-order valence-corrected chi connectivity index (χ2v) is 5.33. The Morgan fingerprint density at radius 3 is 2.50 bits per heavy atom. The summed E-state index contributed by atoms with van der Waals surface area (Å²) in [6.07, 6.45) is 0. The van der Waals surface area contributed by atoms with E-state index in [-0.39, 0.29) is 6.03 Å². The van der Waals surface area contributed by atoms with Gasteiger partial charge < -0.3 is 5.32 Å². The monoisotopic (exact) mass is 332 g/mol. The van der Waals surface area contributed by atoms with E-state index in [0.717, 1.165) is 21.4 Å². The van der Waals surface area contributed by atoms with Crippen molar-refractivity contribution >= 4 is 33.3 Å². The van der Waals surface area contributed by atoms with Gasteiger partial charge in [-0.2, -0.15) is 0 Å². The Morgan fingerprint density at radius 1 is 1.20 bits per heavy atom. The number of benzene rings is 2. The molecular weight excluding hydrogens is 316 g/mol. The molecule has 0 unspecified atom stereocenters. The minimum atomic E-state index is -0.125. The van der Waals surface area contributed by atoms with Crippen molar-refractivity contribution in [2.75, 3.05) is 16.8 Å². The average molecular weight is 333 g/mol. The number of hydrogen-bond acceptors (Lipinski definition) is 1. The molecule has 0 spiro atoms. The van der Waals surface area contributed by atoms with Crippen molar-refractivity contribution in [2.45, 2.75) is 13.8 Å². The Balaban J connectivity index is 2.15. The van der Waals surface area contributed by atoms with E-state index in [0.29, 0.717) is 6.54 Å². The van der Waals surface area contributed by atoms with Crippen LogP contribution < -0.4 is 10.2 Å². The summed E-state index contributed by atoms with van der Waals surface area (Å²) in [7, 11) is 0. The van der Waals surface area contributed by atoms with Crippen LogP contribution in [0, 0.1) is 6.92 Å². The Labute approximate surface area is 127 Å². The van der Waals surface area contributed by atoms with Crippen LogP contribution in [0.3, 0.4) is 0 Å². The second kappa shape index (κ2) is 6.57. The fourth-order valence-electron chi connectivity index (χ4n) is 1.96. The first-order valence-corrected chi connectivity index (χ1v) is 7.31. The molecule has 20 heavy (non-hydrogen) atoms. The normalized spacial score (nSPS) is 10.2. The summed E-state index contributed by atoms with van der Waals surface area (Å²) >= 11 is 3.45.